The van der Waals surface area contributed by atoms with E-state index in [1.54, 1.807) is 6.92 Å². The Labute approximate surface area is 248 Å². The molecule has 0 spiro atoms. The Bertz CT molecular complexity index is 1070. The summed E-state index contributed by atoms with van der Waals surface area (Å²) in [6.07, 6.45) is 18.8. The molecule has 0 bridgehead atoms. The van der Waals surface area contributed by atoms with Gasteiger partial charge < -0.3 is 14.5 Å². The minimum atomic E-state index is -2.99. The van der Waals surface area contributed by atoms with Crippen molar-refractivity contribution in [2.24, 2.45) is 29.6 Å². The molecule has 2 saturated heterocycles. The number of rotatable bonds is 4. The van der Waals surface area contributed by atoms with Crippen molar-refractivity contribution in [2.75, 3.05) is 12.8 Å². The van der Waals surface area contributed by atoms with Crippen LogP contribution in [0.15, 0.2) is 0 Å². The van der Waals surface area contributed by atoms with Crippen molar-refractivity contribution >= 4 is 21.7 Å². The zero-order valence-electron chi connectivity index (χ0n) is 25.7. The lowest BCUT2D eigenvalue weighted by atomic mass is 9.67. The Kier molecular flexibility index (Phi) is 8.82. The summed E-state index contributed by atoms with van der Waals surface area (Å²) in [7, 11) is -2.99. The summed E-state index contributed by atoms with van der Waals surface area (Å²) in [4.78, 5) is 31.9. The Morgan fingerprint density at radius 2 is 1.41 bits per heavy atom. The van der Waals surface area contributed by atoms with E-state index in [0.717, 1.165) is 51.4 Å². The number of amides is 2. The molecule has 2 amide bonds. The summed E-state index contributed by atoms with van der Waals surface area (Å²) < 4.78 is 31.1. The number of piperazine rings is 1. The van der Waals surface area contributed by atoms with E-state index < -0.39 is 9.84 Å². The predicted molar refractivity (Wildman–Crippen MR) is 160 cm³/mol. The van der Waals surface area contributed by atoms with E-state index in [-0.39, 0.29) is 47.4 Å². The van der Waals surface area contributed by atoms with Crippen LogP contribution in [0.5, 0.6) is 0 Å². The minimum absolute atomic E-state index is 0.0104. The van der Waals surface area contributed by atoms with Crippen LogP contribution in [0.25, 0.3) is 0 Å². The van der Waals surface area contributed by atoms with Crippen molar-refractivity contribution in [3.8, 4) is 0 Å². The molecule has 7 unspecified atom stereocenters. The third-order valence-corrected chi connectivity index (χ3v) is 14.2. The summed E-state index contributed by atoms with van der Waals surface area (Å²) in [6.45, 7) is 4.40. The van der Waals surface area contributed by atoms with Crippen molar-refractivity contribution in [1.82, 2.24) is 9.80 Å². The maximum absolute atomic E-state index is 14.7. The second-order valence-corrected chi connectivity index (χ2v) is 17.2. The molecule has 2 heterocycles. The Morgan fingerprint density at radius 1 is 0.756 bits per heavy atom. The number of hydrogen-bond donors (Lipinski definition) is 0. The van der Waals surface area contributed by atoms with Gasteiger partial charge in [-0.2, -0.15) is 0 Å². The molecule has 4 saturated carbocycles. The maximum atomic E-state index is 14.7. The first kappa shape index (κ1) is 29.9. The third-order valence-electron chi connectivity index (χ3n) is 12.5. The molecule has 8 atom stereocenters. The fraction of sp³-hybridized carbons (Fsp3) is 0.939. The van der Waals surface area contributed by atoms with Crippen molar-refractivity contribution in [1.29, 1.82) is 0 Å². The van der Waals surface area contributed by atoms with Gasteiger partial charge in [0.05, 0.1) is 23.4 Å². The molecule has 0 aromatic rings. The molecule has 0 N–H and O–H groups in total. The van der Waals surface area contributed by atoms with Gasteiger partial charge >= 0.3 is 0 Å². The zero-order valence-corrected chi connectivity index (χ0v) is 26.5. The topological polar surface area (TPSA) is 84.0 Å². The summed E-state index contributed by atoms with van der Waals surface area (Å²) in [6, 6.07) is 0.115. The van der Waals surface area contributed by atoms with Gasteiger partial charge in [0.1, 0.15) is 15.9 Å². The third kappa shape index (κ3) is 5.86. The molecular formula is C33H54N2O5S. The average molecular weight is 591 g/mol. The van der Waals surface area contributed by atoms with E-state index in [2.05, 4.69) is 16.7 Å². The number of fused-ring (bicyclic) bond motifs is 2. The van der Waals surface area contributed by atoms with Gasteiger partial charge in [-0.05, 0) is 88.4 Å². The van der Waals surface area contributed by atoms with Crippen molar-refractivity contribution in [2.45, 2.75) is 152 Å². The first-order chi connectivity index (χ1) is 19.6. The highest BCUT2D eigenvalue weighted by Gasteiger charge is 2.55. The number of hydrogen-bond acceptors (Lipinski definition) is 5. The molecule has 2 aliphatic heterocycles. The number of carbonyl (C=O) groups is 2. The number of nitrogens with zero attached hydrogens (tertiary/aromatic N) is 2. The van der Waals surface area contributed by atoms with Crippen LogP contribution in [0.1, 0.15) is 117 Å². The van der Waals surface area contributed by atoms with Crippen LogP contribution in [-0.2, 0) is 24.2 Å². The van der Waals surface area contributed by atoms with Crippen LogP contribution in [0.2, 0.25) is 0 Å². The van der Waals surface area contributed by atoms with E-state index in [9.17, 15) is 18.0 Å². The lowest BCUT2D eigenvalue weighted by molar-refractivity contribution is -0.164. The highest BCUT2D eigenvalue weighted by Crippen LogP contribution is 2.50. The normalized spacial score (nSPS) is 42.4. The molecule has 6 rings (SSSR count). The summed E-state index contributed by atoms with van der Waals surface area (Å²) in [5.74, 6) is 2.79. The van der Waals surface area contributed by atoms with Crippen molar-refractivity contribution < 1.29 is 22.7 Å². The standard InChI is InChI=1S/C33H54N2O5S/c1-21-20-34(33(37)32-31(24-9-5-4-6-10-24)27-11-7-8-12-30(27)40-32)29-19-25(15-18-28(29)35(21)22(2)36)23-13-16-26(17-14-23)41(3,38)39/h21,23-32H,4-20H2,1-3H3/t21-,23?,25?,26?,27?,28?,29?,30?,31?,32?/m0/s1. The quantitative estimate of drug-likeness (QED) is 0.440. The van der Waals surface area contributed by atoms with Crippen molar-refractivity contribution in [3.05, 3.63) is 0 Å². The second-order valence-electron chi connectivity index (χ2n) is 14.9. The van der Waals surface area contributed by atoms with Crippen LogP contribution >= 0.6 is 0 Å². The van der Waals surface area contributed by atoms with E-state index in [1.807, 2.05) is 0 Å². The lowest BCUT2D eigenvalue weighted by Crippen LogP contribution is -2.68. The smallest absolute Gasteiger partial charge is 0.252 e. The SMILES string of the molecule is CC(=O)N1C2CCC(C3CCC(S(C)(=O)=O)CC3)CC2N(C(=O)C2OC3CCCCC3C2C2CCCCC2)C[C@@H]1C. The monoisotopic (exact) mass is 590 g/mol. The number of sulfone groups is 1. The first-order valence-corrected chi connectivity index (χ1v) is 19.0. The van der Waals surface area contributed by atoms with Crippen LogP contribution < -0.4 is 0 Å². The average Bonchev–Trinajstić information content (AvgIpc) is 3.35. The molecule has 8 heteroatoms. The van der Waals surface area contributed by atoms with E-state index >= 15 is 0 Å². The molecule has 232 valence electrons. The van der Waals surface area contributed by atoms with Gasteiger partial charge in [0.2, 0.25) is 5.91 Å². The van der Waals surface area contributed by atoms with Gasteiger partial charge in [0, 0.05) is 31.7 Å². The minimum Gasteiger partial charge on any atom is -0.365 e. The molecule has 6 aliphatic rings. The first-order valence-electron chi connectivity index (χ1n) is 17.1. The van der Waals surface area contributed by atoms with E-state index in [0.29, 0.717) is 36.1 Å². The molecule has 0 radical (unpaired) electrons. The predicted octanol–water partition coefficient (Wildman–Crippen LogP) is 5.36. The second kappa shape index (κ2) is 12.1. The molecular weight excluding hydrogens is 536 g/mol. The summed E-state index contributed by atoms with van der Waals surface area (Å²) in [5.41, 5.74) is 0. The van der Waals surface area contributed by atoms with Gasteiger partial charge in [-0.15, -0.1) is 0 Å². The molecule has 4 aliphatic carbocycles. The fourth-order valence-corrected chi connectivity index (χ4v) is 11.7. The molecule has 41 heavy (non-hydrogen) atoms. The van der Waals surface area contributed by atoms with Gasteiger partial charge in [0.25, 0.3) is 5.91 Å². The highest BCUT2D eigenvalue weighted by molar-refractivity contribution is 7.91. The molecule has 0 aromatic carbocycles. The van der Waals surface area contributed by atoms with Gasteiger partial charge in [-0.3, -0.25) is 9.59 Å². The Morgan fingerprint density at radius 3 is 2.10 bits per heavy atom. The highest BCUT2D eigenvalue weighted by atomic mass is 32.2. The van der Waals surface area contributed by atoms with Crippen molar-refractivity contribution in [3.63, 3.8) is 0 Å². The van der Waals surface area contributed by atoms with Crippen LogP contribution in [-0.4, -0.2) is 78.4 Å². The Hall–Kier alpha value is -1.15. The lowest BCUT2D eigenvalue weighted by Gasteiger charge is -2.55. The van der Waals surface area contributed by atoms with E-state index in [4.69, 9.17) is 4.74 Å². The largest absolute Gasteiger partial charge is 0.365 e. The molecule has 0 aromatic heterocycles. The molecule has 7 nitrogen and oxygen atoms in total. The zero-order chi connectivity index (χ0) is 28.9. The van der Waals surface area contributed by atoms with Gasteiger partial charge in [-0.1, -0.05) is 44.9 Å². The Balaban J connectivity index is 1.24. The van der Waals surface area contributed by atoms with Crippen LogP contribution in [0.3, 0.4) is 0 Å². The number of ether oxygens (including phenoxy) is 1. The maximum Gasteiger partial charge on any atom is 0.252 e. The van der Waals surface area contributed by atoms with Crippen LogP contribution in [0.4, 0.5) is 0 Å². The van der Waals surface area contributed by atoms with Gasteiger partial charge in [-0.25, -0.2) is 8.42 Å². The van der Waals surface area contributed by atoms with Crippen LogP contribution in [0, 0.1) is 29.6 Å². The number of carbonyl (C=O) groups excluding carboxylic acids is 2. The van der Waals surface area contributed by atoms with Gasteiger partial charge in [0.15, 0.2) is 0 Å². The molecule has 6 fully saturated rings. The van der Waals surface area contributed by atoms with E-state index in [1.165, 1.54) is 57.6 Å². The fourth-order valence-electron chi connectivity index (χ4n) is 10.6. The summed E-state index contributed by atoms with van der Waals surface area (Å²) >= 11 is 0. The summed E-state index contributed by atoms with van der Waals surface area (Å²) in [5, 5.41) is -0.198.